The lowest BCUT2D eigenvalue weighted by molar-refractivity contribution is 0.248. The van der Waals surface area contributed by atoms with Crippen LogP contribution >= 0.6 is 15.9 Å². The fourth-order valence-corrected chi connectivity index (χ4v) is 4.40. The lowest BCUT2D eigenvalue weighted by atomic mass is 10.1. The van der Waals surface area contributed by atoms with Gasteiger partial charge in [-0.2, -0.15) is 12.7 Å². The van der Waals surface area contributed by atoms with Gasteiger partial charge >= 0.3 is 10.2 Å². The van der Waals surface area contributed by atoms with E-state index in [0.29, 0.717) is 23.4 Å². The molecule has 1 unspecified atom stereocenters. The van der Waals surface area contributed by atoms with Crippen molar-refractivity contribution in [1.29, 1.82) is 0 Å². The van der Waals surface area contributed by atoms with Crippen molar-refractivity contribution in [3.8, 4) is 0 Å². The van der Waals surface area contributed by atoms with Gasteiger partial charge in [0.15, 0.2) is 5.82 Å². The smallest absolute Gasteiger partial charge is 0.303 e. The Labute approximate surface area is 134 Å². The van der Waals surface area contributed by atoms with Crippen molar-refractivity contribution in [2.45, 2.75) is 32.2 Å². The van der Waals surface area contributed by atoms with E-state index in [0.717, 1.165) is 25.8 Å². The van der Waals surface area contributed by atoms with Gasteiger partial charge in [-0.05, 0) is 47.4 Å². The summed E-state index contributed by atoms with van der Waals surface area (Å²) in [5.41, 5.74) is 0. The van der Waals surface area contributed by atoms with Crippen LogP contribution in [0.3, 0.4) is 0 Å². The summed E-state index contributed by atoms with van der Waals surface area (Å²) in [6.45, 7) is 4.09. The Morgan fingerprint density at radius 3 is 3.00 bits per heavy atom. The zero-order valence-corrected chi connectivity index (χ0v) is 14.5. The SMILES string of the molecule is CCNCC1CCCCN1S(=O)(=O)Nc1ncccc1Br. The molecule has 1 atom stereocenters. The maximum Gasteiger partial charge on any atom is 0.303 e. The Balaban J connectivity index is 2.14. The van der Waals surface area contributed by atoms with E-state index in [1.54, 1.807) is 22.6 Å². The summed E-state index contributed by atoms with van der Waals surface area (Å²) in [6.07, 6.45) is 4.41. The molecule has 6 nitrogen and oxygen atoms in total. The van der Waals surface area contributed by atoms with Gasteiger partial charge in [-0.1, -0.05) is 13.3 Å². The van der Waals surface area contributed by atoms with Gasteiger partial charge in [-0.25, -0.2) is 4.98 Å². The van der Waals surface area contributed by atoms with E-state index in [2.05, 4.69) is 31.0 Å². The van der Waals surface area contributed by atoms with Crippen LogP contribution in [0.4, 0.5) is 5.82 Å². The highest BCUT2D eigenvalue weighted by Crippen LogP contribution is 2.24. The zero-order valence-electron chi connectivity index (χ0n) is 12.0. The first-order valence-corrected chi connectivity index (χ1v) is 9.38. The van der Waals surface area contributed by atoms with E-state index < -0.39 is 10.2 Å². The van der Waals surface area contributed by atoms with Gasteiger partial charge in [0.2, 0.25) is 0 Å². The van der Waals surface area contributed by atoms with Crippen LogP contribution in [0.5, 0.6) is 0 Å². The van der Waals surface area contributed by atoms with Gasteiger partial charge in [0, 0.05) is 25.3 Å². The Morgan fingerprint density at radius 1 is 1.48 bits per heavy atom. The number of halogens is 1. The van der Waals surface area contributed by atoms with Crippen LogP contribution < -0.4 is 10.0 Å². The van der Waals surface area contributed by atoms with Crippen molar-refractivity contribution in [3.63, 3.8) is 0 Å². The van der Waals surface area contributed by atoms with E-state index >= 15 is 0 Å². The number of likely N-dealkylation sites (N-methyl/N-ethyl adjacent to an activating group) is 1. The minimum Gasteiger partial charge on any atom is -0.315 e. The number of piperidine rings is 1. The number of nitrogens with zero attached hydrogens (tertiary/aromatic N) is 2. The van der Waals surface area contributed by atoms with Crippen molar-refractivity contribution < 1.29 is 8.42 Å². The molecule has 21 heavy (non-hydrogen) atoms. The van der Waals surface area contributed by atoms with E-state index in [1.807, 2.05) is 6.92 Å². The molecule has 0 radical (unpaired) electrons. The summed E-state index contributed by atoms with van der Waals surface area (Å²) in [5.74, 6) is 0.324. The van der Waals surface area contributed by atoms with E-state index in [9.17, 15) is 8.42 Å². The Hall–Kier alpha value is -0.700. The fourth-order valence-electron chi connectivity index (χ4n) is 2.45. The first-order valence-electron chi connectivity index (χ1n) is 7.15. The highest BCUT2D eigenvalue weighted by molar-refractivity contribution is 9.10. The van der Waals surface area contributed by atoms with Gasteiger partial charge in [0.05, 0.1) is 4.47 Å². The largest absolute Gasteiger partial charge is 0.315 e. The molecule has 2 heterocycles. The first-order chi connectivity index (χ1) is 10.0. The number of aromatic nitrogens is 1. The molecule has 2 N–H and O–H groups in total. The highest BCUT2D eigenvalue weighted by Gasteiger charge is 2.32. The van der Waals surface area contributed by atoms with Crippen molar-refractivity contribution in [2.75, 3.05) is 24.4 Å². The van der Waals surface area contributed by atoms with Crippen molar-refractivity contribution in [2.24, 2.45) is 0 Å². The molecular weight excluding hydrogens is 356 g/mol. The van der Waals surface area contributed by atoms with E-state index in [4.69, 9.17) is 0 Å². The normalized spacial score (nSPS) is 20.4. The number of nitrogens with one attached hydrogen (secondary N) is 2. The molecule has 0 aromatic carbocycles. The average molecular weight is 377 g/mol. The molecule has 0 amide bonds. The van der Waals surface area contributed by atoms with Crippen molar-refractivity contribution in [3.05, 3.63) is 22.8 Å². The molecule has 0 bridgehead atoms. The Bertz CT molecular complexity index is 567. The first kappa shape index (κ1) is 16.7. The van der Waals surface area contributed by atoms with Crippen LogP contribution in [0.25, 0.3) is 0 Å². The van der Waals surface area contributed by atoms with Crippen LogP contribution in [0.15, 0.2) is 22.8 Å². The maximum absolute atomic E-state index is 12.6. The summed E-state index contributed by atoms with van der Waals surface area (Å²) in [7, 11) is -3.59. The predicted octanol–water partition coefficient (Wildman–Crippen LogP) is 1.96. The Kier molecular flexibility index (Phi) is 5.98. The third-order valence-corrected chi connectivity index (χ3v) is 5.69. The minimum atomic E-state index is -3.59. The minimum absolute atomic E-state index is 0.00122. The molecule has 1 fully saturated rings. The van der Waals surface area contributed by atoms with E-state index in [1.165, 1.54) is 0 Å². The summed E-state index contributed by atoms with van der Waals surface area (Å²) in [4.78, 5) is 4.07. The third-order valence-electron chi connectivity index (χ3n) is 3.50. The second-order valence-corrected chi connectivity index (χ2v) is 7.49. The maximum atomic E-state index is 12.6. The topological polar surface area (TPSA) is 74.3 Å². The van der Waals surface area contributed by atoms with Gasteiger partial charge in [0.1, 0.15) is 0 Å². The molecule has 1 aliphatic heterocycles. The average Bonchev–Trinajstić information content (AvgIpc) is 2.47. The number of hydrogen-bond acceptors (Lipinski definition) is 4. The molecule has 1 aliphatic rings. The molecule has 2 rings (SSSR count). The fraction of sp³-hybridized carbons (Fsp3) is 0.615. The van der Waals surface area contributed by atoms with Gasteiger partial charge < -0.3 is 5.32 Å². The van der Waals surface area contributed by atoms with Crippen LogP contribution in [-0.4, -0.2) is 43.4 Å². The van der Waals surface area contributed by atoms with Crippen molar-refractivity contribution in [1.82, 2.24) is 14.6 Å². The summed E-state index contributed by atoms with van der Waals surface area (Å²) in [6, 6.07) is 3.51. The molecule has 0 saturated carbocycles. The standard InChI is InChI=1S/C13H21BrN4O2S/c1-2-15-10-11-6-3-4-9-18(11)21(19,20)17-13-12(14)7-5-8-16-13/h5,7-8,11,15H,2-4,6,9-10H2,1H3,(H,16,17). The monoisotopic (exact) mass is 376 g/mol. The molecule has 1 aromatic heterocycles. The molecule has 118 valence electrons. The number of pyridine rings is 1. The lowest BCUT2D eigenvalue weighted by Crippen LogP contribution is -2.50. The van der Waals surface area contributed by atoms with Crippen LogP contribution in [0.2, 0.25) is 0 Å². The molecule has 1 aromatic rings. The molecule has 0 spiro atoms. The number of anilines is 1. The van der Waals surface area contributed by atoms with Gasteiger partial charge in [-0.15, -0.1) is 0 Å². The summed E-state index contributed by atoms with van der Waals surface area (Å²) < 4.78 is 30.0. The van der Waals surface area contributed by atoms with Crippen LogP contribution in [0.1, 0.15) is 26.2 Å². The Morgan fingerprint density at radius 2 is 2.29 bits per heavy atom. The zero-order chi connectivity index (χ0) is 15.3. The summed E-state index contributed by atoms with van der Waals surface area (Å²) >= 11 is 3.31. The van der Waals surface area contributed by atoms with Gasteiger partial charge in [-0.3, -0.25) is 4.72 Å². The third kappa shape index (κ3) is 4.38. The number of hydrogen-bond donors (Lipinski definition) is 2. The quantitative estimate of drug-likeness (QED) is 0.795. The highest BCUT2D eigenvalue weighted by atomic mass is 79.9. The second-order valence-electron chi connectivity index (χ2n) is 5.01. The molecule has 1 saturated heterocycles. The van der Waals surface area contributed by atoms with E-state index in [-0.39, 0.29) is 6.04 Å². The second kappa shape index (κ2) is 7.53. The molecular formula is C13H21BrN4O2S. The van der Waals surface area contributed by atoms with Crippen LogP contribution in [0, 0.1) is 0 Å². The molecule has 8 heteroatoms. The summed E-state index contributed by atoms with van der Waals surface area (Å²) in [5, 5.41) is 3.24. The van der Waals surface area contributed by atoms with Crippen molar-refractivity contribution >= 4 is 32.0 Å². The lowest BCUT2D eigenvalue weighted by Gasteiger charge is -2.34. The van der Waals surface area contributed by atoms with Crippen LogP contribution in [-0.2, 0) is 10.2 Å². The molecule has 0 aliphatic carbocycles. The number of rotatable bonds is 6. The predicted molar refractivity (Wildman–Crippen MR) is 87.4 cm³/mol. The van der Waals surface area contributed by atoms with Gasteiger partial charge in [0.25, 0.3) is 0 Å².